The number of hydrogen-bond donors (Lipinski definition) is 10. The van der Waals surface area contributed by atoms with Crippen molar-refractivity contribution < 1.29 is 62.5 Å². The number of rotatable bonds is 32. The van der Waals surface area contributed by atoms with E-state index in [-0.39, 0.29) is 122 Å². The van der Waals surface area contributed by atoms with Crippen molar-refractivity contribution in [2.45, 2.75) is 120 Å². The van der Waals surface area contributed by atoms with Crippen molar-refractivity contribution in [2.24, 2.45) is 22.9 Å². The van der Waals surface area contributed by atoms with E-state index in [9.17, 15) is 48.6 Å². The topological polar surface area (TPSA) is 509 Å². The quantitative estimate of drug-likeness (QED) is 0.0142. The number of allylic oxidation sites excluding steroid dienone is 4. The summed E-state index contributed by atoms with van der Waals surface area (Å²) in [5.41, 5.74) is 28.4. The Kier molecular flexibility index (Phi) is 24.7. The zero-order valence-corrected chi connectivity index (χ0v) is 63.5. The molecule has 12 aromatic rings. The zero-order chi connectivity index (χ0) is 78.8. The number of nitrogens with one attached hydrogen (secondary N) is 4. The van der Waals surface area contributed by atoms with Gasteiger partial charge in [-0.3, -0.25) is 68.8 Å². The van der Waals surface area contributed by atoms with Crippen LogP contribution in [-0.2, 0) is 51.9 Å². The Morgan fingerprint density at radius 1 is 0.436 bits per heavy atom. The number of aryl methyl sites for hydroxylation is 8. The van der Waals surface area contributed by atoms with Crippen molar-refractivity contribution in [1.82, 2.24) is 68.1 Å². The van der Waals surface area contributed by atoms with Crippen molar-refractivity contribution in [3.8, 4) is 11.5 Å². The van der Waals surface area contributed by atoms with Crippen molar-refractivity contribution >= 4 is 149 Å². The fourth-order valence-corrected chi connectivity index (χ4v) is 14.4. The summed E-state index contributed by atoms with van der Waals surface area (Å²) in [5.74, 6) is -2.86. The summed E-state index contributed by atoms with van der Waals surface area (Å²) < 4.78 is 24.4. The summed E-state index contributed by atoms with van der Waals surface area (Å²) in [6.45, 7) is 15.4. The average Bonchev–Trinajstić information content (AvgIpc) is 1.66. The third kappa shape index (κ3) is 17.4. The number of primary amides is 4. The van der Waals surface area contributed by atoms with Gasteiger partial charge in [0, 0.05) is 82.7 Å². The number of carbonyl (C=O) groups excluding carboxylic acids is 8. The van der Waals surface area contributed by atoms with Gasteiger partial charge in [-0.15, -0.1) is 34.0 Å². The standard InChI is InChI=1S/C36H39N11O7S.C36H39N11O6S2/c1-5-22-28(54-18(3)40-22)33(51)44-36-43-25-15-21(31(38)50)17-39-32(25)47(36)11-8-7-10-46-27-24(14-20(30(37)49)16-26(27)53-13-9-12-48)42-35(46)45-34(52)29-23(6-2)41-19(4)55-29;1-5-22-28(54-18(3)40-22)33(51)44-35-42-24-14-20(30(37)49)16-26(53-13-9-12-48)27(24)46(35)10-7-8-11-47-32-25(15-21(17-39-32)31(38)50)43-36(47)45-34(52)29-23(6-2)41-19(4)55-29/h7-8,14-17,48H,5-6,9-13H2,1-4H3,(H2,37,49)(H2,38,50)(H,42,45,52)(H,43,44,51);7-8,14-17,48H,5-6,9-13H2,1-4H3,(H2,37,49)(H2,38,50)(H,42,44,51)(H,43,45,52)/b2*8-7+. The normalized spacial score (nSPS) is 11.5. The summed E-state index contributed by atoms with van der Waals surface area (Å²) in [7, 11) is 0. The fourth-order valence-electron chi connectivity index (χ4n) is 11.7. The molecule has 0 aliphatic heterocycles. The molecule has 0 saturated heterocycles. The van der Waals surface area contributed by atoms with Crippen LogP contribution in [0.4, 0.5) is 23.8 Å². The molecule has 0 saturated carbocycles. The first-order valence-corrected chi connectivity index (χ1v) is 37.2. The van der Waals surface area contributed by atoms with Crippen LogP contribution in [0.1, 0.15) is 165 Å². The monoisotopic (exact) mass is 1550 g/mol. The second-order valence-electron chi connectivity index (χ2n) is 24.5. The number of amides is 8. The minimum Gasteiger partial charge on any atom is -0.491 e. The number of aliphatic hydroxyl groups excluding tert-OH is 2. The first-order valence-electron chi connectivity index (χ1n) is 34.7. The van der Waals surface area contributed by atoms with Gasteiger partial charge in [0.15, 0.2) is 17.2 Å². The Labute approximate surface area is 638 Å². The molecular weight excluding hydrogens is 1480 g/mol. The van der Waals surface area contributed by atoms with E-state index in [1.807, 2.05) is 60.6 Å². The SMILES string of the molecule is CCc1nc(C)oc1C(=O)Nc1nc2cc(C(N)=O)cnc2n1C/C=C/Cn1c(NC(=O)c2sc(C)nc2CC)nc2cc(C(N)=O)cc(OCCCO)c21.CCc1nc(C)sc1C(=O)Nc1nc2cc(C(N)=O)cnc2n1C/C=C/Cn1c(NC(=O)c2sc(C)nc2CC)nc2cc(C(N)=O)cc(OCCCO)c21. The molecule has 0 spiro atoms. The summed E-state index contributed by atoms with van der Waals surface area (Å²) >= 11 is 3.83. The highest BCUT2D eigenvalue weighted by Gasteiger charge is 2.28. The van der Waals surface area contributed by atoms with Gasteiger partial charge < -0.3 is 56.2 Å². The number of oxazole rings is 1. The van der Waals surface area contributed by atoms with E-state index in [1.54, 1.807) is 37.3 Å². The highest BCUT2D eigenvalue weighted by molar-refractivity contribution is 7.14. The minimum atomic E-state index is -0.696. The maximum absolute atomic E-state index is 13.6. The lowest BCUT2D eigenvalue weighted by Crippen LogP contribution is -2.17. The van der Waals surface area contributed by atoms with Gasteiger partial charge in [-0.1, -0.05) is 52.0 Å². The number of thiazole rings is 3. The fraction of sp³-hybridized carbons (Fsp3) is 0.306. The number of pyridine rings is 2. The van der Waals surface area contributed by atoms with Crippen LogP contribution in [-0.4, -0.2) is 152 Å². The lowest BCUT2D eigenvalue weighted by molar-refractivity contribution is 0.0986. The zero-order valence-electron chi connectivity index (χ0n) is 61.0. The molecule has 0 aliphatic carbocycles. The highest BCUT2D eigenvalue weighted by atomic mass is 32.1. The number of anilines is 4. The maximum Gasteiger partial charge on any atom is 0.295 e. The van der Waals surface area contributed by atoms with Gasteiger partial charge in [0.2, 0.25) is 53.2 Å². The van der Waals surface area contributed by atoms with Gasteiger partial charge in [0.05, 0.1) is 73.2 Å². The number of aromatic nitrogens is 14. The van der Waals surface area contributed by atoms with Crippen LogP contribution in [0, 0.1) is 27.7 Å². The molecule has 110 heavy (non-hydrogen) atoms. The summed E-state index contributed by atoms with van der Waals surface area (Å²) in [5, 5.41) is 32.5. The van der Waals surface area contributed by atoms with Crippen molar-refractivity contribution in [2.75, 3.05) is 47.7 Å². The first-order chi connectivity index (χ1) is 52.8. The Bertz CT molecular complexity index is 5300. The predicted octanol–water partition coefficient (Wildman–Crippen LogP) is 7.84. The van der Waals surface area contributed by atoms with Gasteiger partial charge in [0.1, 0.15) is 48.2 Å². The van der Waals surface area contributed by atoms with Crippen LogP contribution in [0.5, 0.6) is 11.5 Å². The van der Waals surface area contributed by atoms with E-state index in [4.69, 9.17) is 36.8 Å². The van der Waals surface area contributed by atoms with E-state index in [0.717, 1.165) is 15.0 Å². The molecule has 35 nitrogen and oxygen atoms in total. The van der Waals surface area contributed by atoms with Crippen LogP contribution in [0.2, 0.25) is 0 Å². The number of nitrogens with zero attached hydrogens (tertiary/aromatic N) is 14. The molecule has 10 aromatic heterocycles. The molecule has 0 unspecified atom stereocenters. The van der Waals surface area contributed by atoms with Gasteiger partial charge in [0.25, 0.3) is 23.6 Å². The van der Waals surface area contributed by atoms with Crippen LogP contribution >= 0.6 is 34.0 Å². The van der Waals surface area contributed by atoms with Crippen molar-refractivity contribution in [3.05, 3.63) is 159 Å². The molecule has 0 atom stereocenters. The summed E-state index contributed by atoms with van der Waals surface area (Å²) in [6, 6.07) is 9.03. The summed E-state index contributed by atoms with van der Waals surface area (Å²) in [4.78, 5) is 149. The van der Waals surface area contributed by atoms with Gasteiger partial charge >= 0.3 is 0 Å². The second-order valence-corrected chi connectivity index (χ2v) is 28.1. The third-order valence-corrected chi connectivity index (χ3v) is 19.8. The number of nitrogens with two attached hydrogens (primary N) is 4. The number of aliphatic hydroxyl groups is 2. The maximum atomic E-state index is 13.6. The van der Waals surface area contributed by atoms with Crippen LogP contribution < -0.4 is 53.7 Å². The molecule has 0 bridgehead atoms. The van der Waals surface area contributed by atoms with Crippen LogP contribution in [0.25, 0.3) is 44.4 Å². The molecule has 8 amide bonds. The van der Waals surface area contributed by atoms with E-state index < -0.39 is 41.4 Å². The summed E-state index contributed by atoms with van der Waals surface area (Å²) in [6.07, 6.45) is 12.7. The molecule has 0 aliphatic rings. The molecule has 572 valence electrons. The Hall–Kier alpha value is -12.5. The molecule has 12 rings (SSSR count). The lowest BCUT2D eigenvalue weighted by atomic mass is 10.1. The number of imidazole rings is 4. The smallest absolute Gasteiger partial charge is 0.295 e. The first kappa shape index (κ1) is 78.5. The number of carbonyl (C=O) groups is 8. The third-order valence-electron chi connectivity index (χ3n) is 16.8. The highest BCUT2D eigenvalue weighted by Crippen LogP contribution is 2.35. The van der Waals surface area contributed by atoms with Crippen molar-refractivity contribution in [3.63, 3.8) is 0 Å². The van der Waals surface area contributed by atoms with Crippen LogP contribution in [0.15, 0.2) is 77.5 Å². The van der Waals surface area contributed by atoms with Crippen LogP contribution in [0.3, 0.4) is 0 Å². The molecular formula is C72H78N22O13S3. The molecule has 10 heterocycles. The second kappa shape index (κ2) is 34.6. The average molecular weight is 1560 g/mol. The lowest BCUT2D eigenvalue weighted by Gasteiger charge is -2.12. The minimum absolute atomic E-state index is 0.0533. The molecule has 0 radical (unpaired) electrons. The van der Waals surface area contributed by atoms with E-state index in [2.05, 4.69) is 71.1 Å². The Morgan fingerprint density at radius 3 is 1.11 bits per heavy atom. The number of fused-ring (bicyclic) bond motifs is 4. The van der Waals surface area contributed by atoms with Gasteiger partial charge in [-0.2, -0.15) is 0 Å². The van der Waals surface area contributed by atoms with Crippen molar-refractivity contribution in [1.29, 1.82) is 0 Å². The number of benzene rings is 2. The number of hydrogen-bond acceptors (Lipinski definition) is 26. The van der Waals surface area contributed by atoms with E-state index in [1.165, 1.54) is 82.8 Å². The Balaban J connectivity index is 0.000000218. The molecule has 38 heteroatoms. The van der Waals surface area contributed by atoms with Gasteiger partial charge in [-0.25, -0.2) is 49.8 Å². The molecule has 14 N–H and O–H groups in total. The molecule has 2 aromatic carbocycles. The largest absolute Gasteiger partial charge is 0.491 e. The van der Waals surface area contributed by atoms with E-state index >= 15 is 0 Å². The van der Waals surface area contributed by atoms with Gasteiger partial charge in [-0.05, 0) is 82.9 Å². The predicted molar refractivity (Wildman–Crippen MR) is 412 cm³/mol. The number of ether oxygens (including phenoxy) is 2. The molecule has 0 fully saturated rings. The van der Waals surface area contributed by atoms with E-state index in [0.29, 0.717) is 126 Å². The Morgan fingerprint density at radius 2 is 0.764 bits per heavy atom.